The molecule has 1 aliphatic rings. The molecule has 1 amide bonds. The molecular formula is C20H20N4O3. The first-order chi connectivity index (χ1) is 13.1. The smallest absolute Gasteiger partial charge is 0.290 e. The second kappa shape index (κ2) is 7.11. The zero-order valence-corrected chi connectivity index (χ0v) is 14.7. The van der Waals surface area contributed by atoms with Crippen molar-refractivity contribution in [3.63, 3.8) is 0 Å². The molecule has 1 aromatic carbocycles. The summed E-state index contributed by atoms with van der Waals surface area (Å²) in [6.07, 6.45) is 4.42. The van der Waals surface area contributed by atoms with E-state index in [1.165, 1.54) is 17.9 Å². The van der Waals surface area contributed by atoms with E-state index in [1.807, 2.05) is 18.2 Å². The molecule has 0 aliphatic heterocycles. The van der Waals surface area contributed by atoms with Gasteiger partial charge in [0, 0.05) is 0 Å². The van der Waals surface area contributed by atoms with Crippen LogP contribution in [0.4, 0.5) is 5.69 Å². The highest BCUT2D eigenvalue weighted by Crippen LogP contribution is 2.29. The molecule has 3 aromatic rings. The Morgan fingerprint density at radius 2 is 2.15 bits per heavy atom. The van der Waals surface area contributed by atoms with E-state index >= 15 is 0 Å². The predicted molar refractivity (Wildman–Crippen MR) is 101 cm³/mol. The number of furan rings is 1. The molecule has 3 N–H and O–H groups in total. The fourth-order valence-electron chi connectivity index (χ4n) is 3.49. The number of fused-ring (bicyclic) bond motifs is 1. The van der Waals surface area contributed by atoms with Crippen molar-refractivity contribution in [3.05, 3.63) is 70.2 Å². The molecule has 0 fully saturated rings. The summed E-state index contributed by atoms with van der Waals surface area (Å²) in [7, 11) is 0. The number of nitrogens with two attached hydrogens (primary N) is 1. The minimum atomic E-state index is -0.496. The van der Waals surface area contributed by atoms with E-state index < -0.39 is 5.56 Å². The Bertz CT molecular complexity index is 1020. The maximum Gasteiger partial charge on any atom is 0.290 e. The second-order valence-electron chi connectivity index (χ2n) is 6.64. The molecule has 2 heterocycles. The fraction of sp³-hybridized carbons (Fsp3) is 0.250. The highest BCUT2D eigenvalue weighted by Gasteiger charge is 2.22. The number of hydrogen-bond donors (Lipinski definition) is 2. The third kappa shape index (κ3) is 3.48. The first-order valence-electron chi connectivity index (χ1n) is 8.90. The lowest BCUT2D eigenvalue weighted by atomic mass is 9.88. The molecule has 0 saturated heterocycles. The molecule has 27 heavy (non-hydrogen) atoms. The van der Waals surface area contributed by atoms with Gasteiger partial charge in [0.15, 0.2) is 5.76 Å². The summed E-state index contributed by atoms with van der Waals surface area (Å²) in [6, 6.07) is 13.0. The Hall–Kier alpha value is -3.35. The maximum atomic E-state index is 12.6. The fourth-order valence-corrected chi connectivity index (χ4v) is 3.49. The second-order valence-corrected chi connectivity index (χ2v) is 6.64. The van der Waals surface area contributed by atoms with Gasteiger partial charge in [0.25, 0.3) is 5.56 Å². The van der Waals surface area contributed by atoms with Crippen molar-refractivity contribution in [2.75, 3.05) is 5.73 Å². The van der Waals surface area contributed by atoms with Gasteiger partial charge < -0.3 is 15.5 Å². The molecule has 0 bridgehead atoms. The number of carbonyl (C=O) groups excluding carboxylic acids is 1. The number of aromatic nitrogens is 2. The number of nitrogen functional groups attached to an aromatic ring is 1. The largest absolute Gasteiger partial charge is 0.463 e. The van der Waals surface area contributed by atoms with Crippen molar-refractivity contribution in [1.82, 2.24) is 15.1 Å². The molecule has 0 spiro atoms. The van der Waals surface area contributed by atoms with Crippen molar-refractivity contribution >= 4 is 11.6 Å². The summed E-state index contributed by atoms with van der Waals surface area (Å²) in [5.41, 5.74) is 8.14. The van der Waals surface area contributed by atoms with E-state index in [0.717, 1.165) is 29.5 Å². The minimum Gasteiger partial charge on any atom is -0.463 e. The zero-order valence-electron chi connectivity index (χ0n) is 14.7. The van der Waals surface area contributed by atoms with E-state index in [4.69, 9.17) is 10.2 Å². The van der Waals surface area contributed by atoms with E-state index in [0.29, 0.717) is 11.5 Å². The highest BCUT2D eigenvalue weighted by atomic mass is 16.3. The van der Waals surface area contributed by atoms with E-state index in [9.17, 15) is 9.59 Å². The Morgan fingerprint density at radius 3 is 2.96 bits per heavy atom. The first kappa shape index (κ1) is 17.1. The van der Waals surface area contributed by atoms with Gasteiger partial charge in [0.1, 0.15) is 17.9 Å². The molecule has 0 unspecified atom stereocenters. The first-order valence-corrected chi connectivity index (χ1v) is 8.90. The zero-order chi connectivity index (χ0) is 18.8. The van der Waals surface area contributed by atoms with E-state index in [1.54, 1.807) is 12.1 Å². The number of hydrogen-bond acceptors (Lipinski definition) is 5. The summed E-state index contributed by atoms with van der Waals surface area (Å²) in [6.45, 7) is -0.198. The van der Waals surface area contributed by atoms with Gasteiger partial charge in [0.2, 0.25) is 5.91 Å². The van der Waals surface area contributed by atoms with E-state index in [-0.39, 0.29) is 24.2 Å². The third-order valence-electron chi connectivity index (χ3n) is 4.77. The standard InChI is InChI=1S/C20H20N4O3/c21-15-11-17(18-9-4-10-27-18)23-24(20(15)26)12-19(25)22-16-8-3-6-13-5-1-2-7-14(13)16/h1-2,4-5,7,9-11,16H,3,6,8,12,21H2,(H,22,25)/t16-/m0/s1. The van der Waals surface area contributed by atoms with Crippen LogP contribution in [0.5, 0.6) is 0 Å². The molecule has 7 nitrogen and oxygen atoms in total. The molecule has 1 atom stereocenters. The minimum absolute atomic E-state index is 0.0206. The predicted octanol–water partition coefficient (Wildman–Crippen LogP) is 2.28. The van der Waals surface area contributed by atoms with Gasteiger partial charge in [-0.25, -0.2) is 4.68 Å². The maximum absolute atomic E-state index is 12.6. The topological polar surface area (TPSA) is 103 Å². The van der Waals surface area contributed by atoms with Gasteiger partial charge in [-0.05, 0) is 48.6 Å². The van der Waals surface area contributed by atoms with Gasteiger partial charge >= 0.3 is 0 Å². The van der Waals surface area contributed by atoms with Crippen LogP contribution in [0.1, 0.15) is 30.0 Å². The van der Waals surface area contributed by atoms with Crippen LogP contribution in [0.15, 0.2) is 57.9 Å². The number of carbonyl (C=O) groups is 1. The van der Waals surface area contributed by atoms with Gasteiger partial charge in [-0.1, -0.05) is 24.3 Å². The van der Waals surface area contributed by atoms with Crippen molar-refractivity contribution in [2.24, 2.45) is 0 Å². The van der Waals surface area contributed by atoms with Crippen LogP contribution >= 0.6 is 0 Å². The molecule has 0 saturated carbocycles. The molecule has 4 rings (SSSR count). The van der Waals surface area contributed by atoms with Gasteiger partial charge in [-0.2, -0.15) is 5.10 Å². The monoisotopic (exact) mass is 364 g/mol. The van der Waals surface area contributed by atoms with Crippen LogP contribution in [0.3, 0.4) is 0 Å². The number of nitrogens with one attached hydrogen (secondary N) is 1. The van der Waals surface area contributed by atoms with Crippen LogP contribution in [0.2, 0.25) is 0 Å². The molecule has 138 valence electrons. The number of anilines is 1. The van der Waals surface area contributed by atoms with Gasteiger partial charge in [-0.3, -0.25) is 9.59 Å². The van der Waals surface area contributed by atoms with Crippen molar-refractivity contribution in [2.45, 2.75) is 31.8 Å². The summed E-state index contributed by atoms with van der Waals surface area (Å²) in [5, 5.41) is 7.24. The third-order valence-corrected chi connectivity index (χ3v) is 4.77. The lowest BCUT2D eigenvalue weighted by molar-refractivity contribution is -0.122. The molecule has 2 aromatic heterocycles. The van der Waals surface area contributed by atoms with Crippen LogP contribution in [0, 0.1) is 0 Å². The van der Waals surface area contributed by atoms with Crippen LogP contribution in [-0.4, -0.2) is 15.7 Å². The Morgan fingerprint density at radius 1 is 1.30 bits per heavy atom. The molecular weight excluding hydrogens is 344 g/mol. The van der Waals surface area contributed by atoms with Crippen molar-refractivity contribution in [1.29, 1.82) is 0 Å². The SMILES string of the molecule is Nc1cc(-c2ccco2)nn(CC(=O)N[C@H]2CCCc3ccccc32)c1=O. The summed E-state index contributed by atoms with van der Waals surface area (Å²) in [5.74, 6) is 0.208. The quantitative estimate of drug-likeness (QED) is 0.739. The summed E-state index contributed by atoms with van der Waals surface area (Å²) in [4.78, 5) is 24.9. The number of aryl methyl sites for hydroxylation is 1. The van der Waals surface area contributed by atoms with Gasteiger partial charge in [-0.15, -0.1) is 0 Å². The average Bonchev–Trinajstić information content (AvgIpc) is 3.20. The number of nitrogens with zero attached hydrogens (tertiary/aromatic N) is 2. The Labute approximate surface area is 155 Å². The van der Waals surface area contributed by atoms with Crippen molar-refractivity contribution in [3.8, 4) is 11.5 Å². The molecule has 7 heteroatoms. The average molecular weight is 364 g/mol. The van der Waals surface area contributed by atoms with E-state index in [2.05, 4.69) is 16.5 Å². The lowest BCUT2D eigenvalue weighted by Gasteiger charge is -2.26. The molecule has 1 aliphatic carbocycles. The highest BCUT2D eigenvalue weighted by molar-refractivity contribution is 5.76. The Kier molecular flexibility index (Phi) is 4.50. The summed E-state index contributed by atoms with van der Waals surface area (Å²) < 4.78 is 6.38. The Balaban J connectivity index is 1.55. The summed E-state index contributed by atoms with van der Waals surface area (Å²) >= 11 is 0. The van der Waals surface area contributed by atoms with Crippen LogP contribution in [0.25, 0.3) is 11.5 Å². The number of rotatable bonds is 4. The lowest BCUT2D eigenvalue weighted by Crippen LogP contribution is -2.37. The van der Waals surface area contributed by atoms with Crippen LogP contribution < -0.4 is 16.6 Å². The van der Waals surface area contributed by atoms with Crippen molar-refractivity contribution < 1.29 is 9.21 Å². The van der Waals surface area contributed by atoms with Gasteiger partial charge in [0.05, 0.1) is 12.3 Å². The molecule has 0 radical (unpaired) electrons. The number of benzene rings is 1. The normalized spacial score (nSPS) is 15.9. The van der Waals surface area contributed by atoms with Crippen LogP contribution in [-0.2, 0) is 17.8 Å². The number of amides is 1.